The number of aromatic nitrogens is 2. The van der Waals surface area contributed by atoms with Crippen LogP contribution in [0.1, 0.15) is 36.6 Å². The highest BCUT2D eigenvalue weighted by atomic mass is 16.1. The van der Waals surface area contributed by atoms with E-state index in [0.717, 1.165) is 27.7 Å². The van der Waals surface area contributed by atoms with E-state index in [0.29, 0.717) is 13.1 Å². The van der Waals surface area contributed by atoms with Crippen LogP contribution in [0.25, 0.3) is 11.0 Å². The van der Waals surface area contributed by atoms with E-state index in [1.807, 2.05) is 53.3 Å². The maximum absolute atomic E-state index is 12.5. The predicted octanol–water partition coefficient (Wildman–Crippen LogP) is 3.20. The first kappa shape index (κ1) is 15.6. The van der Waals surface area contributed by atoms with Crippen molar-refractivity contribution in [1.82, 2.24) is 9.13 Å². The third kappa shape index (κ3) is 2.49. The molecule has 0 aliphatic carbocycles. The molecule has 1 heterocycles. The van der Waals surface area contributed by atoms with Gasteiger partial charge in [-0.05, 0) is 49.6 Å². The molecule has 120 valence electrons. The molecule has 1 unspecified atom stereocenters. The summed E-state index contributed by atoms with van der Waals surface area (Å²) >= 11 is 0. The Morgan fingerprint density at radius 3 is 2.13 bits per heavy atom. The van der Waals surface area contributed by atoms with Crippen LogP contribution in [0.5, 0.6) is 0 Å². The minimum absolute atomic E-state index is 0.0508. The fourth-order valence-corrected chi connectivity index (χ4v) is 3.27. The monoisotopic (exact) mass is 309 g/mol. The van der Waals surface area contributed by atoms with Crippen LogP contribution in [0.3, 0.4) is 0 Å². The number of rotatable bonds is 4. The fraction of sp³-hybridized carbons (Fsp3) is 0.316. The van der Waals surface area contributed by atoms with Gasteiger partial charge in [-0.15, -0.1) is 0 Å². The standard InChI is InChI=1S/C19H23N3O/c1-4-21-16-11-13(3)15(12-17(16)22(5-2)19(21)23)18(20)14-9-7-6-8-10-14/h6-12,18H,4-5,20H2,1-3H3. The molecule has 1 aromatic heterocycles. The summed E-state index contributed by atoms with van der Waals surface area (Å²) in [4.78, 5) is 12.5. The van der Waals surface area contributed by atoms with Crippen molar-refractivity contribution in [1.29, 1.82) is 0 Å². The van der Waals surface area contributed by atoms with Crippen LogP contribution in [0.15, 0.2) is 47.3 Å². The molecule has 2 aromatic carbocycles. The summed E-state index contributed by atoms with van der Waals surface area (Å²) in [6.45, 7) is 7.39. The zero-order chi connectivity index (χ0) is 16.6. The van der Waals surface area contributed by atoms with E-state index in [2.05, 4.69) is 19.1 Å². The first-order valence-corrected chi connectivity index (χ1v) is 8.12. The number of nitrogens with zero attached hydrogens (tertiary/aromatic N) is 2. The number of hydrogen-bond donors (Lipinski definition) is 1. The van der Waals surface area contributed by atoms with Crippen molar-refractivity contribution in [3.8, 4) is 0 Å². The highest BCUT2D eigenvalue weighted by Gasteiger charge is 2.17. The van der Waals surface area contributed by atoms with E-state index in [1.54, 1.807) is 0 Å². The molecule has 1 atom stereocenters. The van der Waals surface area contributed by atoms with Crippen LogP contribution < -0.4 is 11.4 Å². The van der Waals surface area contributed by atoms with Gasteiger partial charge in [-0.3, -0.25) is 9.13 Å². The summed E-state index contributed by atoms with van der Waals surface area (Å²) in [5.74, 6) is 0. The van der Waals surface area contributed by atoms with Crippen molar-refractivity contribution in [2.45, 2.75) is 39.9 Å². The van der Waals surface area contributed by atoms with E-state index in [9.17, 15) is 4.79 Å². The molecule has 0 saturated heterocycles. The molecule has 0 aliphatic heterocycles. The average Bonchev–Trinajstić information content (AvgIpc) is 2.84. The van der Waals surface area contributed by atoms with Gasteiger partial charge in [0, 0.05) is 13.1 Å². The van der Waals surface area contributed by atoms with Crippen LogP contribution in [-0.2, 0) is 13.1 Å². The van der Waals surface area contributed by atoms with Crippen molar-refractivity contribution in [3.63, 3.8) is 0 Å². The Hall–Kier alpha value is -2.33. The molecule has 2 N–H and O–H groups in total. The molecule has 3 aromatic rings. The molecular formula is C19H23N3O. The summed E-state index contributed by atoms with van der Waals surface area (Å²) < 4.78 is 3.64. The zero-order valence-corrected chi connectivity index (χ0v) is 13.9. The van der Waals surface area contributed by atoms with Crippen molar-refractivity contribution in [2.24, 2.45) is 5.73 Å². The summed E-state index contributed by atoms with van der Waals surface area (Å²) in [6.07, 6.45) is 0. The second-order valence-electron chi connectivity index (χ2n) is 5.86. The van der Waals surface area contributed by atoms with Crippen molar-refractivity contribution in [2.75, 3.05) is 0 Å². The van der Waals surface area contributed by atoms with Crippen molar-refractivity contribution in [3.05, 3.63) is 69.6 Å². The quantitative estimate of drug-likeness (QED) is 0.804. The summed E-state index contributed by atoms with van der Waals surface area (Å²) in [7, 11) is 0. The Kier molecular flexibility index (Phi) is 4.09. The number of aryl methyl sites for hydroxylation is 3. The van der Waals surface area contributed by atoms with Crippen LogP contribution in [-0.4, -0.2) is 9.13 Å². The summed E-state index contributed by atoms with van der Waals surface area (Å²) in [5, 5.41) is 0. The van der Waals surface area contributed by atoms with Gasteiger partial charge >= 0.3 is 5.69 Å². The van der Waals surface area contributed by atoms with Gasteiger partial charge in [0.15, 0.2) is 0 Å². The van der Waals surface area contributed by atoms with Gasteiger partial charge in [0.2, 0.25) is 0 Å². The molecule has 0 spiro atoms. The Morgan fingerprint density at radius 2 is 1.57 bits per heavy atom. The third-order valence-corrected chi connectivity index (χ3v) is 4.53. The minimum Gasteiger partial charge on any atom is -0.320 e. The van der Waals surface area contributed by atoms with E-state index >= 15 is 0 Å². The number of imidazole rings is 1. The largest absolute Gasteiger partial charge is 0.329 e. The van der Waals surface area contributed by atoms with Crippen LogP contribution in [0, 0.1) is 6.92 Å². The second-order valence-corrected chi connectivity index (χ2v) is 5.86. The van der Waals surface area contributed by atoms with Gasteiger partial charge in [-0.2, -0.15) is 0 Å². The van der Waals surface area contributed by atoms with Crippen LogP contribution in [0.2, 0.25) is 0 Å². The molecule has 3 rings (SSSR count). The number of hydrogen-bond acceptors (Lipinski definition) is 2. The average molecular weight is 309 g/mol. The van der Waals surface area contributed by atoms with Gasteiger partial charge < -0.3 is 5.73 Å². The number of fused-ring (bicyclic) bond motifs is 1. The van der Waals surface area contributed by atoms with E-state index in [4.69, 9.17) is 5.73 Å². The Balaban J connectivity index is 2.24. The fourth-order valence-electron chi connectivity index (χ4n) is 3.27. The Labute approximate surface area is 136 Å². The molecular weight excluding hydrogens is 286 g/mol. The van der Waals surface area contributed by atoms with Crippen molar-refractivity contribution >= 4 is 11.0 Å². The molecule has 4 heteroatoms. The first-order valence-electron chi connectivity index (χ1n) is 8.12. The lowest BCUT2D eigenvalue weighted by Crippen LogP contribution is -2.23. The lowest BCUT2D eigenvalue weighted by Gasteiger charge is -2.16. The van der Waals surface area contributed by atoms with Gasteiger partial charge in [-0.25, -0.2) is 4.79 Å². The van der Waals surface area contributed by atoms with Gasteiger partial charge in [0.25, 0.3) is 0 Å². The Morgan fingerprint density at radius 1 is 1.00 bits per heavy atom. The maximum atomic E-state index is 12.5. The molecule has 0 fully saturated rings. The zero-order valence-electron chi connectivity index (χ0n) is 13.9. The maximum Gasteiger partial charge on any atom is 0.329 e. The molecule has 4 nitrogen and oxygen atoms in total. The van der Waals surface area contributed by atoms with Crippen molar-refractivity contribution < 1.29 is 0 Å². The molecule has 0 amide bonds. The Bertz CT molecular complexity index is 890. The van der Waals surface area contributed by atoms with Gasteiger partial charge in [0.1, 0.15) is 0 Å². The minimum atomic E-state index is -0.189. The SMILES string of the molecule is CCn1c(=O)n(CC)c2cc(C(N)c3ccccc3)c(C)cc21. The van der Waals surface area contributed by atoms with E-state index in [-0.39, 0.29) is 11.7 Å². The van der Waals surface area contributed by atoms with Crippen LogP contribution in [0.4, 0.5) is 0 Å². The van der Waals surface area contributed by atoms with Crippen LogP contribution >= 0.6 is 0 Å². The highest BCUT2D eigenvalue weighted by Crippen LogP contribution is 2.27. The van der Waals surface area contributed by atoms with Gasteiger partial charge in [-0.1, -0.05) is 30.3 Å². The number of benzene rings is 2. The lowest BCUT2D eigenvalue weighted by molar-refractivity contribution is 0.670. The van der Waals surface area contributed by atoms with E-state index in [1.165, 1.54) is 0 Å². The molecule has 0 bridgehead atoms. The molecule has 23 heavy (non-hydrogen) atoms. The van der Waals surface area contributed by atoms with Gasteiger partial charge in [0.05, 0.1) is 17.1 Å². The molecule has 0 saturated carbocycles. The summed E-state index contributed by atoms with van der Waals surface area (Å²) in [5.41, 5.74) is 11.7. The third-order valence-electron chi connectivity index (χ3n) is 4.53. The lowest BCUT2D eigenvalue weighted by atomic mass is 9.95. The van der Waals surface area contributed by atoms with E-state index < -0.39 is 0 Å². The smallest absolute Gasteiger partial charge is 0.320 e. The first-order chi connectivity index (χ1) is 11.1. The second kappa shape index (κ2) is 6.05. The number of nitrogens with two attached hydrogens (primary N) is 1. The molecule has 0 aliphatic rings. The predicted molar refractivity (Wildman–Crippen MR) is 94.8 cm³/mol. The normalized spacial score (nSPS) is 12.7. The summed E-state index contributed by atoms with van der Waals surface area (Å²) in [6, 6.07) is 14.0. The molecule has 0 radical (unpaired) electrons. The highest BCUT2D eigenvalue weighted by molar-refractivity contribution is 5.78. The topological polar surface area (TPSA) is 53.0 Å².